The SMILES string of the molecule is O=C(CNc1ccc(S(=O)(=O)N2CCCC2)cn1)N1CCc2sccc2C1. The average Bonchev–Trinajstić information content (AvgIpc) is 3.37. The summed E-state index contributed by atoms with van der Waals surface area (Å²) in [6.07, 6.45) is 4.06. The number of thiophene rings is 1. The molecule has 0 aliphatic carbocycles. The molecule has 1 fully saturated rings. The molecule has 7 nitrogen and oxygen atoms in total. The van der Waals surface area contributed by atoms with Gasteiger partial charge in [-0.2, -0.15) is 4.31 Å². The highest BCUT2D eigenvalue weighted by atomic mass is 32.2. The number of hydrogen-bond donors (Lipinski definition) is 1. The first kappa shape index (κ1) is 18.4. The Kier molecular flexibility index (Phi) is 5.16. The second-order valence-electron chi connectivity index (χ2n) is 6.78. The van der Waals surface area contributed by atoms with E-state index in [4.69, 9.17) is 0 Å². The summed E-state index contributed by atoms with van der Waals surface area (Å²) in [6, 6.07) is 5.24. The molecule has 0 atom stereocenters. The lowest BCUT2D eigenvalue weighted by Gasteiger charge is -2.27. The molecule has 1 N–H and O–H groups in total. The second kappa shape index (κ2) is 7.57. The van der Waals surface area contributed by atoms with Crippen LogP contribution in [-0.4, -0.2) is 54.7 Å². The summed E-state index contributed by atoms with van der Waals surface area (Å²) in [7, 11) is -3.46. The van der Waals surface area contributed by atoms with Crippen molar-refractivity contribution in [2.24, 2.45) is 0 Å². The zero-order chi connectivity index (χ0) is 18.9. The van der Waals surface area contributed by atoms with E-state index in [9.17, 15) is 13.2 Å². The smallest absolute Gasteiger partial charge is 0.244 e. The van der Waals surface area contributed by atoms with E-state index < -0.39 is 10.0 Å². The van der Waals surface area contributed by atoms with Crippen LogP contribution >= 0.6 is 11.3 Å². The van der Waals surface area contributed by atoms with Gasteiger partial charge in [0.1, 0.15) is 10.7 Å². The van der Waals surface area contributed by atoms with Gasteiger partial charge in [0.2, 0.25) is 15.9 Å². The first-order chi connectivity index (χ1) is 13.0. The molecule has 0 aromatic carbocycles. The molecule has 2 aliphatic rings. The Morgan fingerprint density at radius 1 is 1.19 bits per heavy atom. The molecule has 1 saturated heterocycles. The molecule has 0 saturated carbocycles. The molecule has 9 heteroatoms. The van der Waals surface area contributed by atoms with E-state index in [2.05, 4.69) is 21.7 Å². The minimum absolute atomic E-state index is 0.0161. The molecule has 2 aromatic heterocycles. The highest BCUT2D eigenvalue weighted by Gasteiger charge is 2.27. The van der Waals surface area contributed by atoms with Gasteiger partial charge >= 0.3 is 0 Å². The summed E-state index contributed by atoms with van der Waals surface area (Å²) in [5, 5.41) is 5.07. The highest BCUT2D eigenvalue weighted by Crippen LogP contribution is 2.24. The Labute approximate surface area is 163 Å². The van der Waals surface area contributed by atoms with E-state index in [1.54, 1.807) is 23.5 Å². The van der Waals surface area contributed by atoms with Crippen LogP contribution in [0.15, 0.2) is 34.7 Å². The number of sulfonamides is 1. The van der Waals surface area contributed by atoms with Crippen molar-refractivity contribution >= 4 is 33.1 Å². The molecular formula is C18H22N4O3S2. The van der Waals surface area contributed by atoms with Crippen molar-refractivity contribution in [2.45, 2.75) is 30.7 Å². The number of pyridine rings is 1. The number of anilines is 1. The number of hydrogen-bond acceptors (Lipinski definition) is 6. The maximum Gasteiger partial charge on any atom is 0.244 e. The van der Waals surface area contributed by atoms with Crippen molar-refractivity contribution < 1.29 is 13.2 Å². The number of fused-ring (bicyclic) bond motifs is 1. The quantitative estimate of drug-likeness (QED) is 0.820. The monoisotopic (exact) mass is 406 g/mol. The Balaban J connectivity index is 1.34. The fourth-order valence-corrected chi connectivity index (χ4v) is 5.81. The van der Waals surface area contributed by atoms with Crippen LogP contribution in [0.3, 0.4) is 0 Å². The number of amides is 1. The second-order valence-corrected chi connectivity index (χ2v) is 9.72. The van der Waals surface area contributed by atoms with Gasteiger partial charge in [0, 0.05) is 37.3 Å². The van der Waals surface area contributed by atoms with E-state index in [1.807, 2.05) is 4.90 Å². The lowest BCUT2D eigenvalue weighted by atomic mass is 10.1. The zero-order valence-corrected chi connectivity index (χ0v) is 16.6. The first-order valence-corrected chi connectivity index (χ1v) is 11.4. The lowest BCUT2D eigenvalue weighted by molar-refractivity contribution is -0.130. The van der Waals surface area contributed by atoms with E-state index in [0.717, 1.165) is 25.8 Å². The number of nitrogens with zero attached hydrogens (tertiary/aromatic N) is 3. The zero-order valence-electron chi connectivity index (χ0n) is 14.9. The molecule has 144 valence electrons. The summed E-state index contributed by atoms with van der Waals surface area (Å²) in [5.41, 5.74) is 1.23. The molecule has 1 amide bonds. The highest BCUT2D eigenvalue weighted by molar-refractivity contribution is 7.89. The van der Waals surface area contributed by atoms with Gasteiger partial charge in [-0.1, -0.05) is 0 Å². The topological polar surface area (TPSA) is 82.6 Å². The summed E-state index contributed by atoms with van der Waals surface area (Å²) in [6.45, 7) is 2.66. The van der Waals surface area contributed by atoms with Gasteiger partial charge in [-0.15, -0.1) is 11.3 Å². The minimum atomic E-state index is -3.46. The van der Waals surface area contributed by atoms with Gasteiger partial charge in [-0.3, -0.25) is 4.79 Å². The predicted molar refractivity (Wildman–Crippen MR) is 104 cm³/mol. The molecule has 0 spiro atoms. The van der Waals surface area contributed by atoms with Gasteiger partial charge in [0.15, 0.2) is 0 Å². The molecule has 4 rings (SSSR count). The summed E-state index contributed by atoms with van der Waals surface area (Å²) in [5.74, 6) is 0.513. The Morgan fingerprint density at radius 2 is 2.00 bits per heavy atom. The van der Waals surface area contributed by atoms with Gasteiger partial charge in [0.25, 0.3) is 0 Å². The van der Waals surface area contributed by atoms with Crippen molar-refractivity contribution in [2.75, 3.05) is 31.5 Å². The molecule has 4 heterocycles. The van der Waals surface area contributed by atoms with Gasteiger partial charge in [0.05, 0.1) is 6.54 Å². The van der Waals surface area contributed by atoms with E-state index >= 15 is 0 Å². The Bertz CT molecular complexity index is 918. The molecule has 27 heavy (non-hydrogen) atoms. The molecule has 0 radical (unpaired) electrons. The number of carbonyl (C=O) groups excluding carboxylic acids is 1. The number of rotatable bonds is 5. The third kappa shape index (κ3) is 3.85. The molecule has 2 aromatic rings. The fourth-order valence-electron chi connectivity index (χ4n) is 3.45. The number of carbonyl (C=O) groups is 1. The van der Waals surface area contributed by atoms with Gasteiger partial charge in [-0.25, -0.2) is 13.4 Å². The predicted octanol–water partition coefficient (Wildman–Crippen LogP) is 1.92. The fraction of sp³-hybridized carbons (Fsp3) is 0.444. The third-order valence-electron chi connectivity index (χ3n) is 5.02. The number of aromatic nitrogens is 1. The Hall–Kier alpha value is -1.97. The average molecular weight is 407 g/mol. The molecule has 2 aliphatic heterocycles. The minimum Gasteiger partial charge on any atom is -0.361 e. The normalized spacial score (nSPS) is 17.7. The van der Waals surface area contributed by atoms with Crippen molar-refractivity contribution in [1.82, 2.24) is 14.2 Å². The van der Waals surface area contributed by atoms with Crippen molar-refractivity contribution in [3.63, 3.8) is 0 Å². The summed E-state index contributed by atoms with van der Waals surface area (Å²) in [4.78, 5) is 20.0. The van der Waals surface area contributed by atoms with E-state index in [1.165, 1.54) is 20.9 Å². The van der Waals surface area contributed by atoms with Crippen LogP contribution in [0.2, 0.25) is 0 Å². The van der Waals surface area contributed by atoms with Crippen molar-refractivity contribution in [3.8, 4) is 0 Å². The van der Waals surface area contributed by atoms with E-state index in [-0.39, 0.29) is 17.3 Å². The summed E-state index contributed by atoms with van der Waals surface area (Å²) < 4.78 is 26.5. The maximum atomic E-state index is 12.5. The van der Waals surface area contributed by atoms with Crippen molar-refractivity contribution in [3.05, 3.63) is 40.2 Å². The first-order valence-electron chi connectivity index (χ1n) is 9.07. The standard InChI is InChI=1S/C18H22N4O3S2/c23-18(21-9-5-16-14(13-21)6-10-26-16)12-20-17-4-3-15(11-19-17)27(24,25)22-7-1-2-8-22/h3-4,6,10-11H,1-2,5,7-9,12-13H2,(H,19,20). The number of nitrogens with one attached hydrogen (secondary N) is 1. The maximum absolute atomic E-state index is 12.5. The third-order valence-corrected chi connectivity index (χ3v) is 7.93. The van der Waals surface area contributed by atoms with Crippen LogP contribution in [0.4, 0.5) is 5.82 Å². The van der Waals surface area contributed by atoms with Crippen molar-refractivity contribution in [1.29, 1.82) is 0 Å². The van der Waals surface area contributed by atoms with Crippen LogP contribution in [0.1, 0.15) is 23.3 Å². The Morgan fingerprint density at radius 3 is 2.74 bits per heavy atom. The van der Waals surface area contributed by atoms with Gasteiger partial charge in [-0.05, 0) is 48.4 Å². The summed E-state index contributed by atoms with van der Waals surface area (Å²) >= 11 is 1.75. The lowest BCUT2D eigenvalue weighted by Crippen LogP contribution is -2.38. The van der Waals surface area contributed by atoms with Crippen LogP contribution in [0, 0.1) is 0 Å². The van der Waals surface area contributed by atoms with E-state index in [0.29, 0.717) is 25.5 Å². The largest absolute Gasteiger partial charge is 0.361 e. The van der Waals surface area contributed by atoms with Crippen LogP contribution in [-0.2, 0) is 27.8 Å². The van der Waals surface area contributed by atoms with Crippen LogP contribution in [0.25, 0.3) is 0 Å². The molecular weight excluding hydrogens is 384 g/mol. The van der Waals surface area contributed by atoms with Crippen LogP contribution < -0.4 is 5.32 Å². The van der Waals surface area contributed by atoms with Gasteiger partial charge < -0.3 is 10.2 Å². The van der Waals surface area contributed by atoms with Crippen LogP contribution in [0.5, 0.6) is 0 Å². The molecule has 0 bridgehead atoms. The molecule has 0 unspecified atom stereocenters.